The number of carboxylic acids is 1. The molecule has 12 N–H and O–H groups in total. The predicted octanol–water partition coefficient (Wildman–Crippen LogP) is -0.438. The molecule has 2 heterocycles. The number of hydrogen-bond donors (Lipinski definition) is 11. The molecule has 0 saturated heterocycles. The highest BCUT2D eigenvalue weighted by Crippen LogP contribution is 2.21. The molecule has 4 aromatic rings. The first-order valence-electron chi connectivity index (χ1n) is 18.7. The minimum Gasteiger partial charge on any atom is -0.480 e. The maximum Gasteiger partial charge on any atom is 0.328 e. The molecule has 6 amide bonds. The second-order valence-electron chi connectivity index (χ2n) is 13.6. The zero-order valence-electron chi connectivity index (χ0n) is 32.4. The van der Waals surface area contributed by atoms with Gasteiger partial charge in [-0.05, 0) is 55.0 Å². The Labute approximate surface area is 338 Å². The molecule has 0 fully saturated rings. The Balaban J connectivity index is 1.57. The van der Waals surface area contributed by atoms with Crippen LogP contribution in [0.3, 0.4) is 0 Å². The molecule has 2 aromatic carbocycles. The van der Waals surface area contributed by atoms with Crippen LogP contribution in [0.25, 0.3) is 21.8 Å². The van der Waals surface area contributed by atoms with E-state index in [0.717, 1.165) is 21.8 Å². The average molecular weight is 822 g/mol. The maximum absolute atomic E-state index is 14.3. The van der Waals surface area contributed by atoms with E-state index >= 15 is 0 Å². The minimum atomic E-state index is -1.65. The molecule has 0 spiro atoms. The summed E-state index contributed by atoms with van der Waals surface area (Å²) < 4.78 is 0. The highest BCUT2D eigenvalue weighted by Gasteiger charge is 2.33. The van der Waals surface area contributed by atoms with E-state index in [1.807, 2.05) is 48.7 Å². The second kappa shape index (κ2) is 21.6. The van der Waals surface area contributed by atoms with Gasteiger partial charge in [0.1, 0.15) is 36.3 Å². The van der Waals surface area contributed by atoms with Crippen molar-refractivity contribution in [3.8, 4) is 0 Å². The molecule has 0 unspecified atom stereocenters. The molecule has 2 aromatic heterocycles. The predicted molar refractivity (Wildman–Crippen MR) is 218 cm³/mol. The SMILES string of the molecule is CC[C@H](NC(=O)[C@H](C)NC(=O)[C@H](CCSC)NC(=O)CN)C(=O)N[C@H](Cc1c[nH]c2ccccc12)C(=O)N[C@H](Cc1c[nH]c2ccccc12)C(=O)N[C@@H](CO)C(=O)O. The van der Waals surface area contributed by atoms with Crippen molar-refractivity contribution in [3.05, 3.63) is 72.1 Å². The molecule has 0 radical (unpaired) electrons. The Bertz CT molecular complexity index is 2090. The number of amides is 6. The van der Waals surface area contributed by atoms with Crippen molar-refractivity contribution in [1.82, 2.24) is 41.9 Å². The Kier molecular flexibility index (Phi) is 16.7. The number of carboxylic acid groups (broad SMARTS) is 1. The van der Waals surface area contributed by atoms with Gasteiger partial charge in [0.15, 0.2) is 0 Å². The summed E-state index contributed by atoms with van der Waals surface area (Å²) in [6.45, 7) is 1.85. The van der Waals surface area contributed by atoms with Gasteiger partial charge in [-0.1, -0.05) is 43.3 Å². The lowest BCUT2D eigenvalue weighted by Crippen LogP contribution is -2.60. The van der Waals surface area contributed by atoms with Crippen LogP contribution in [-0.4, -0.2) is 123 Å². The van der Waals surface area contributed by atoms with Gasteiger partial charge >= 0.3 is 5.97 Å². The average Bonchev–Trinajstić information content (AvgIpc) is 3.82. The summed E-state index contributed by atoms with van der Waals surface area (Å²) in [4.78, 5) is 98.0. The summed E-state index contributed by atoms with van der Waals surface area (Å²) in [5.41, 5.74) is 8.24. The van der Waals surface area contributed by atoms with Gasteiger partial charge in [-0.25, -0.2) is 4.79 Å². The van der Waals surface area contributed by atoms with Crippen LogP contribution in [-0.2, 0) is 46.4 Å². The lowest BCUT2D eigenvalue weighted by atomic mass is 10.0. The molecule has 0 saturated carbocycles. The van der Waals surface area contributed by atoms with Crippen LogP contribution in [0.5, 0.6) is 0 Å². The Morgan fingerprint density at radius 2 is 1.14 bits per heavy atom. The third-order valence-corrected chi connectivity index (χ3v) is 10.1. The van der Waals surface area contributed by atoms with Crippen LogP contribution >= 0.6 is 11.8 Å². The lowest BCUT2D eigenvalue weighted by molar-refractivity contribution is -0.143. The number of aliphatic carboxylic acids is 1. The number of para-hydroxylation sites is 2. The maximum atomic E-state index is 14.3. The summed E-state index contributed by atoms with van der Waals surface area (Å²) in [6, 6.07) is 7.05. The van der Waals surface area contributed by atoms with Gasteiger partial charge in [-0.15, -0.1) is 0 Å². The van der Waals surface area contributed by atoms with Gasteiger partial charge in [0.25, 0.3) is 0 Å². The van der Waals surface area contributed by atoms with E-state index in [9.17, 15) is 43.8 Å². The van der Waals surface area contributed by atoms with Crippen LogP contribution < -0.4 is 37.6 Å². The number of nitrogens with two attached hydrogens (primary N) is 1. The number of rotatable bonds is 22. The van der Waals surface area contributed by atoms with E-state index in [4.69, 9.17) is 5.73 Å². The normalized spacial score (nSPS) is 14.3. The van der Waals surface area contributed by atoms with E-state index in [1.165, 1.54) is 18.7 Å². The number of fused-ring (bicyclic) bond motifs is 2. The molecule has 58 heavy (non-hydrogen) atoms. The van der Waals surface area contributed by atoms with E-state index in [2.05, 4.69) is 41.9 Å². The van der Waals surface area contributed by atoms with Gasteiger partial charge in [-0.3, -0.25) is 28.8 Å². The fourth-order valence-corrected chi connectivity index (χ4v) is 6.72. The summed E-state index contributed by atoms with van der Waals surface area (Å²) >= 11 is 1.47. The molecule has 4 rings (SSSR count). The third kappa shape index (κ3) is 12.0. The molecule has 0 aliphatic carbocycles. The zero-order valence-corrected chi connectivity index (χ0v) is 33.2. The Hall–Kier alpha value is -5.92. The summed E-state index contributed by atoms with van der Waals surface area (Å²) in [5.74, 6) is -5.17. The number of aromatic amines is 2. The van der Waals surface area contributed by atoms with Crippen LogP contribution in [0.4, 0.5) is 0 Å². The first kappa shape index (κ1) is 44.8. The molecule has 19 heteroatoms. The number of nitrogens with one attached hydrogen (secondary N) is 8. The molecule has 312 valence electrons. The minimum absolute atomic E-state index is 0.0554. The Morgan fingerprint density at radius 3 is 1.60 bits per heavy atom. The van der Waals surface area contributed by atoms with E-state index in [-0.39, 0.29) is 25.8 Å². The molecule has 0 aliphatic rings. The van der Waals surface area contributed by atoms with Gasteiger partial charge in [0, 0.05) is 47.0 Å². The smallest absolute Gasteiger partial charge is 0.328 e. The van der Waals surface area contributed by atoms with Crippen LogP contribution in [0.2, 0.25) is 0 Å². The van der Waals surface area contributed by atoms with Gasteiger partial charge in [0.2, 0.25) is 35.4 Å². The van der Waals surface area contributed by atoms with Crippen molar-refractivity contribution in [2.75, 3.05) is 25.2 Å². The van der Waals surface area contributed by atoms with Crippen molar-refractivity contribution in [1.29, 1.82) is 0 Å². The fourth-order valence-electron chi connectivity index (χ4n) is 6.25. The van der Waals surface area contributed by atoms with Crippen LogP contribution in [0.15, 0.2) is 60.9 Å². The number of aromatic nitrogens is 2. The van der Waals surface area contributed by atoms with Crippen molar-refractivity contribution in [3.63, 3.8) is 0 Å². The van der Waals surface area contributed by atoms with Crippen molar-refractivity contribution < 1.29 is 43.8 Å². The summed E-state index contributed by atoms with van der Waals surface area (Å²) in [6.07, 6.45) is 5.44. The van der Waals surface area contributed by atoms with Gasteiger partial charge in [0.05, 0.1) is 13.2 Å². The quantitative estimate of drug-likeness (QED) is 0.0483. The van der Waals surface area contributed by atoms with Gasteiger partial charge in [-0.2, -0.15) is 11.8 Å². The fraction of sp³-hybridized carbons (Fsp3) is 0.410. The van der Waals surface area contributed by atoms with E-state index in [0.29, 0.717) is 23.3 Å². The summed E-state index contributed by atoms with van der Waals surface area (Å²) in [7, 11) is 0. The Morgan fingerprint density at radius 1 is 0.672 bits per heavy atom. The molecule has 18 nitrogen and oxygen atoms in total. The number of carbonyl (C=O) groups excluding carboxylic acids is 6. The molecule has 0 aliphatic heterocycles. The van der Waals surface area contributed by atoms with Gasteiger partial charge < -0.3 is 57.8 Å². The monoisotopic (exact) mass is 821 g/mol. The van der Waals surface area contributed by atoms with E-state index in [1.54, 1.807) is 25.4 Å². The summed E-state index contributed by atoms with van der Waals surface area (Å²) in [5, 5.41) is 36.1. The standard InChI is InChI=1S/C39H51N9O9S/c1-4-26(45-34(51)21(2)43-36(53)29(13-14-58-3)44-33(50)17-40)35(52)46-30(15-22-18-41-27-11-7-5-9-24(22)27)37(54)47-31(38(55)48-32(20-49)39(56)57)16-23-19-42-28-12-8-6-10-25(23)28/h5-12,18-19,21,26,29-32,41-42,49H,4,13-17,20,40H2,1-3H3,(H,43,53)(H,44,50)(H,45,51)(H,46,52)(H,47,54)(H,48,55)(H,56,57)/t21-,26-,29-,30+,31+,32-/m0/s1. The first-order valence-corrected chi connectivity index (χ1v) is 20.1. The second-order valence-corrected chi connectivity index (χ2v) is 14.6. The molecule has 6 atom stereocenters. The number of hydrogen-bond acceptors (Lipinski definition) is 10. The highest BCUT2D eigenvalue weighted by atomic mass is 32.2. The molecule has 0 bridgehead atoms. The topological polar surface area (TPSA) is 290 Å². The molecular weight excluding hydrogens is 771 g/mol. The largest absolute Gasteiger partial charge is 0.480 e. The van der Waals surface area contributed by atoms with E-state index < -0.39 is 84.3 Å². The number of carbonyl (C=O) groups is 7. The van der Waals surface area contributed by atoms with Crippen molar-refractivity contribution >= 4 is 75.0 Å². The highest BCUT2D eigenvalue weighted by molar-refractivity contribution is 7.98. The number of benzene rings is 2. The van der Waals surface area contributed by atoms with Crippen molar-refractivity contribution in [2.45, 2.75) is 75.8 Å². The lowest BCUT2D eigenvalue weighted by Gasteiger charge is -2.26. The first-order chi connectivity index (χ1) is 27.8. The zero-order chi connectivity index (χ0) is 42.4. The van der Waals surface area contributed by atoms with Crippen molar-refractivity contribution in [2.24, 2.45) is 5.73 Å². The number of aliphatic hydroxyl groups excluding tert-OH is 1. The molecular formula is C39H51N9O9S. The van der Waals surface area contributed by atoms with Crippen LogP contribution in [0.1, 0.15) is 37.8 Å². The van der Waals surface area contributed by atoms with Crippen LogP contribution in [0, 0.1) is 0 Å². The number of H-pyrrole nitrogens is 2. The number of thioether (sulfide) groups is 1. The number of aliphatic hydroxyl groups is 1. The third-order valence-electron chi connectivity index (χ3n) is 9.50.